The first kappa shape index (κ1) is 23.7. The van der Waals surface area contributed by atoms with Gasteiger partial charge in [-0.3, -0.25) is 0 Å². The normalized spacial score (nSPS) is 18.5. The van der Waals surface area contributed by atoms with Gasteiger partial charge in [0.05, 0.1) is 42.6 Å². The minimum Gasteiger partial charge on any atom is -0.310 e. The van der Waals surface area contributed by atoms with Crippen molar-refractivity contribution < 1.29 is 31.5 Å². The molecule has 0 aromatic heterocycles. The van der Waals surface area contributed by atoms with Crippen LogP contribution in [0.25, 0.3) is 88.0 Å². The minimum atomic E-state index is -2.62. The lowest BCUT2D eigenvalue weighted by atomic mass is 9.70. The van der Waals surface area contributed by atoms with Crippen LogP contribution in [0.2, 0.25) is 0 Å². The van der Waals surface area contributed by atoms with Crippen LogP contribution in [0.1, 0.15) is 78.8 Å². The van der Waals surface area contributed by atoms with Crippen molar-refractivity contribution in [2.75, 3.05) is 4.90 Å². The number of benzene rings is 12. The van der Waals surface area contributed by atoms with E-state index in [1.54, 1.807) is 24.3 Å². The van der Waals surface area contributed by atoms with Crippen molar-refractivity contribution in [3.63, 3.8) is 0 Å². The summed E-state index contributed by atoms with van der Waals surface area (Å²) in [5, 5.41) is 0.0118. The molecule has 71 heavy (non-hydrogen) atoms. The van der Waals surface area contributed by atoms with Gasteiger partial charge in [0, 0.05) is 22.2 Å². The largest absolute Gasteiger partial charge is 0.310 e. The SMILES string of the molecule is [2H]c1c(N(c2ccc(-c3ccc4ccccc4c3-c3cccc4c3-c3ccccc3C4(C)C)cc2)c2c([2H])c3c([2H])c([2H])c([2H])c([2H])c3c3c([2H])c([2H])c([2H])c([2H])c23)cc2c(c1[2H])-c1c([2H])c([2H])c([2H])c([2H])c1C21c2c([2H])c([2H])c([2H])c([2H])c2-c2c([2H])c([2H])c([2H])c([2H])c21. The Labute approximate surface area is 446 Å². The topological polar surface area (TPSA) is 3.24 Å². The van der Waals surface area contributed by atoms with Gasteiger partial charge in [-0.2, -0.15) is 0 Å². The summed E-state index contributed by atoms with van der Waals surface area (Å²) in [5.41, 5.74) is 0.252. The van der Waals surface area contributed by atoms with Gasteiger partial charge >= 0.3 is 0 Å². The number of hydrogen-bond acceptors (Lipinski definition) is 1. The van der Waals surface area contributed by atoms with Gasteiger partial charge in [-0.1, -0.05) is 232 Å². The summed E-state index contributed by atoms with van der Waals surface area (Å²) in [6.45, 7) is 4.38. The molecule has 12 aromatic rings. The van der Waals surface area contributed by atoms with Crippen molar-refractivity contribution in [1.29, 1.82) is 0 Å². The zero-order valence-electron chi connectivity index (χ0n) is 60.8. The Hall–Kier alpha value is -8.78. The maximum absolute atomic E-state index is 10.4. The minimum absolute atomic E-state index is 0.00230. The van der Waals surface area contributed by atoms with E-state index < -0.39 is 216 Å². The first-order chi connectivity index (χ1) is 44.6. The second-order valence-corrected chi connectivity index (χ2v) is 18.5. The lowest BCUT2D eigenvalue weighted by Gasteiger charge is -2.32. The van der Waals surface area contributed by atoms with Gasteiger partial charge in [-0.05, 0) is 146 Å². The summed E-state index contributed by atoms with van der Waals surface area (Å²) in [4.78, 5) is 1.21. The van der Waals surface area contributed by atoms with Crippen LogP contribution < -0.4 is 4.90 Å². The smallest absolute Gasteiger partial charge is 0.0726 e. The fraction of sp³-hybridized carbons (Fsp3) is 0.0571. The molecule has 3 aliphatic rings. The molecule has 332 valence electrons. The average molecular weight is 925 g/mol. The predicted octanol–water partition coefficient (Wildman–Crippen LogP) is 18.6. The van der Waals surface area contributed by atoms with Crippen molar-refractivity contribution in [2.45, 2.75) is 24.7 Å². The molecule has 0 radical (unpaired) electrons. The van der Waals surface area contributed by atoms with Crippen molar-refractivity contribution >= 4 is 49.4 Å². The van der Waals surface area contributed by atoms with E-state index in [4.69, 9.17) is 8.22 Å². The molecule has 0 atom stereocenters. The maximum Gasteiger partial charge on any atom is 0.0726 e. The lowest BCUT2D eigenvalue weighted by Crippen LogP contribution is -2.26. The summed E-state index contributed by atoms with van der Waals surface area (Å²) < 4.78 is 217. The zero-order valence-corrected chi connectivity index (χ0v) is 37.8. The Morgan fingerprint density at radius 1 is 0.352 bits per heavy atom. The third-order valence-electron chi connectivity index (χ3n) is 14.8. The van der Waals surface area contributed by atoms with E-state index in [9.17, 15) is 23.3 Å². The molecule has 0 heterocycles. The monoisotopic (exact) mass is 925 g/mol. The van der Waals surface area contributed by atoms with Crippen LogP contribution in [0.3, 0.4) is 0 Å². The van der Waals surface area contributed by atoms with E-state index in [0.29, 0.717) is 5.56 Å². The molecule has 1 spiro atoms. The summed E-state index contributed by atoms with van der Waals surface area (Å²) in [6.07, 6.45) is 0. The highest BCUT2D eigenvalue weighted by atomic mass is 15.1. The highest BCUT2D eigenvalue weighted by molar-refractivity contribution is 6.15. The Kier molecular flexibility index (Phi) is 4.96. The third kappa shape index (κ3) is 5.46. The van der Waals surface area contributed by atoms with Gasteiger partial charge < -0.3 is 4.90 Å². The van der Waals surface area contributed by atoms with E-state index in [1.807, 2.05) is 54.6 Å². The third-order valence-corrected chi connectivity index (χ3v) is 14.8. The summed E-state index contributed by atoms with van der Waals surface area (Å²) in [6, 6.07) is 16.2. The quantitative estimate of drug-likeness (QED) is 0.156. The van der Waals surface area contributed by atoms with Gasteiger partial charge in [0.25, 0.3) is 0 Å². The van der Waals surface area contributed by atoms with Gasteiger partial charge in [-0.15, -0.1) is 0 Å². The molecule has 0 bridgehead atoms. The number of rotatable bonds is 5. The summed E-state index contributed by atoms with van der Waals surface area (Å²) in [5.74, 6) is 0. The second kappa shape index (κ2) is 14.9. The molecule has 1 heteroatoms. The molecule has 0 amide bonds. The Bertz CT molecular complexity index is 5480. The van der Waals surface area contributed by atoms with Gasteiger partial charge in [0.1, 0.15) is 0 Å². The molecule has 0 N–H and O–H groups in total. The fourth-order valence-corrected chi connectivity index (χ4v) is 11.7. The first-order valence-corrected chi connectivity index (χ1v) is 23.1. The fourth-order valence-electron chi connectivity index (χ4n) is 11.7. The van der Waals surface area contributed by atoms with Crippen LogP contribution >= 0.6 is 0 Å². The number of nitrogens with zero attached hydrogens (tertiary/aromatic N) is 1. The van der Waals surface area contributed by atoms with Crippen LogP contribution in [0.4, 0.5) is 17.1 Å². The van der Waals surface area contributed by atoms with Crippen molar-refractivity contribution in [1.82, 2.24) is 0 Å². The van der Waals surface area contributed by atoms with Crippen LogP contribution in [0.5, 0.6) is 0 Å². The highest BCUT2D eigenvalue weighted by Gasteiger charge is 2.51. The molecule has 12 aromatic carbocycles. The van der Waals surface area contributed by atoms with Crippen LogP contribution in [-0.2, 0) is 10.8 Å². The standard InChI is InChI=1S/C70H47N/c1-69(2)60-29-13-12-27-58(60)68-59(28-17-33-64(68)69)67-50-21-6-3-18-44(50)36-40-51(67)45-34-37-47(38-35-45)71(66-42-46-19-4-5-20-49(46)52-22-7-8-26-57(52)66)48-39-41-56-55-25-11-16-32-63(55)70(65(56)43-48)61-30-14-9-23-53(61)54-24-10-15-31-62(54)70/h3-43H,1-2H3/i4D,5D,7D,8D,9D,10D,11D,14D,15D,16D,19D,20D,22D,23D,24D,25D,26D,30D,31D,32D,39D,41D,42D. The van der Waals surface area contributed by atoms with Gasteiger partial charge in [0.15, 0.2) is 0 Å². The molecule has 0 fully saturated rings. The molecule has 0 aliphatic heterocycles. The van der Waals surface area contributed by atoms with E-state index in [1.165, 1.54) is 11.0 Å². The number of anilines is 3. The Balaban J connectivity index is 1.11. The molecule has 0 saturated heterocycles. The summed E-state index contributed by atoms with van der Waals surface area (Å²) >= 11 is 0. The molecular formula is C70H47N. The first-order valence-electron chi connectivity index (χ1n) is 34.6. The molecule has 3 aliphatic carbocycles. The van der Waals surface area contributed by atoms with Gasteiger partial charge in [-0.25, -0.2) is 0 Å². The van der Waals surface area contributed by atoms with Gasteiger partial charge in [0.2, 0.25) is 0 Å². The molecule has 0 saturated carbocycles. The van der Waals surface area contributed by atoms with Crippen molar-refractivity contribution in [2.24, 2.45) is 0 Å². The predicted molar refractivity (Wildman–Crippen MR) is 298 cm³/mol. The van der Waals surface area contributed by atoms with E-state index >= 15 is 0 Å². The van der Waals surface area contributed by atoms with E-state index in [2.05, 4.69) is 38.1 Å². The van der Waals surface area contributed by atoms with E-state index in [0.717, 1.165) is 49.7 Å². The maximum atomic E-state index is 10.4. The van der Waals surface area contributed by atoms with E-state index in [-0.39, 0.29) is 16.7 Å². The van der Waals surface area contributed by atoms with Crippen LogP contribution in [-0.4, -0.2) is 0 Å². The highest BCUT2D eigenvalue weighted by Crippen LogP contribution is 2.63. The Morgan fingerprint density at radius 3 is 1.69 bits per heavy atom. The van der Waals surface area contributed by atoms with Crippen molar-refractivity contribution in [3.8, 4) is 55.6 Å². The lowest BCUT2D eigenvalue weighted by molar-refractivity contribution is 0.660. The average Bonchev–Trinajstić information content (AvgIpc) is 1.47. The van der Waals surface area contributed by atoms with Crippen LogP contribution in [0, 0.1) is 0 Å². The number of fused-ring (bicyclic) bond motifs is 17. The number of hydrogen-bond donors (Lipinski definition) is 0. The van der Waals surface area contributed by atoms with Crippen molar-refractivity contribution in [3.05, 3.63) is 282 Å². The molecule has 0 unspecified atom stereocenters. The molecule has 15 rings (SSSR count). The molecular weight excluding hydrogens is 855 g/mol. The summed E-state index contributed by atoms with van der Waals surface area (Å²) in [7, 11) is 0. The zero-order chi connectivity index (χ0) is 67.0. The van der Waals surface area contributed by atoms with Crippen LogP contribution in [0.15, 0.2) is 248 Å². The second-order valence-electron chi connectivity index (χ2n) is 18.5. The molecule has 1 nitrogen and oxygen atoms in total. The Morgan fingerprint density at radius 2 is 0.944 bits per heavy atom.